The Morgan fingerprint density at radius 3 is 2.30 bits per heavy atom. The predicted octanol–water partition coefficient (Wildman–Crippen LogP) is 3.93. The van der Waals surface area contributed by atoms with E-state index in [1.807, 2.05) is 0 Å². The third kappa shape index (κ3) is 4.18. The van der Waals surface area contributed by atoms with Gasteiger partial charge >= 0.3 is 12.4 Å². The van der Waals surface area contributed by atoms with Gasteiger partial charge in [-0.05, 0) is 35.9 Å². The first-order valence-corrected chi connectivity index (χ1v) is 7.42. The first kappa shape index (κ1) is 18.7. The zero-order chi connectivity index (χ0) is 19.8. The maximum atomic E-state index is 12.7. The van der Waals surface area contributed by atoms with E-state index >= 15 is 0 Å². The minimum atomic E-state index is -4.66. The molecule has 0 unspecified atom stereocenters. The van der Waals surface area contributed by atoms with Crippen molar-refractivity contribution in [2.24, 2.45) is 0 Å². The van der Waals surface area contributed by atoms with E-state index in [4.69, 9.17) is 0 Å². The Morgan fingerprint density at radius 2 is 1.70 bits per heavy atom. The lowest BCUT2D eigenvalue weighted by molar-refractivity contribution is -0.142. The Balaban J connectivity index is 1.69. The lowest BCUT2D eigenvalue weighted by atomic mass is 10.1. The number of nitrogens with one attached hydrogen (secondary N) is 2. The fraction of sp³-hybridized carbons (Fsp3) is 0.188. The van der Waals surface area contributed by atoms with Crippen molar-refractivity contribution in [2.45, 2.75) is 18.9 Å². The van der Waals surface area contributed by atoms with E-state index in [0.29, 0.717) is 17.0 Å². The molecule has 11 heteroatoms. The van der Waals surface area contributed by atoms with E-state index in [1.54, 1.807) is 0 Å². The van der Waals surface area contributed by atoms with E-state index in [-0.39, 0.29) is 17.8 Å². The van der Waals surface area contributed by atoms with E-state index in [2.05, 4.69) is 20.5 Å². The standard InChI is InChI=1S/C16H10F6N4O/c17-15(18,19)12-4-3-11(25-26-12)14(27)23-7-8-1-2-10-9(5-8)6-13(24-10)16(20,21)22/h1-6,24H,7H2,(H,23,27). The second-order valence-corrected chi connectivity index (χ2v) is 5.59. The maximum Gasteiger partial charge on any atom is 0.435 e. The summed E-state index contributed by atoms with van der Waals surface area (Å²) in [5.41, 5.74) is -1.64. The molecule has 3 aromatic rings. The average Bonchev–Trinajstić information content (AvgIpc) is 3.02. The van der Waals surface area contributed by atoms with Gasteiger partial charge in [-0.15, -0.1) is 10.2 Å². The molecule has 0 bridgehead atoms. The van der Waals surface area contributed by atoms with Gasteiger partial charge in [-0.1, -0.05) is 6.07 Å². The van der Waals surface area contributed by atoms with Crippen LogP contribution in [-0.4, -0.2) is 21.1 Å². The molecular formula is C16H10F6N4O. The Hall–Kier alpha value is -3.11. The first-order chi connectivity index (χ1) is 12.5. The highest BCUT2D eigenvalue weighted by atomic mass is 19.4. The van der Waals surface area contributed by atoms with Crippen molar-refractivity contribution in [2.75, 3.05) is 0 Å². The third-order valence-corrected chi connectivity index (χ3v) is 3.63. The number of amides is 1. The molecule has 1 amide bonds. The van der Waals surface area contributed by atoms with Crippen molar-refractivity contribution in [3.05, 3.63) is 59.0 Å². The van der Waals surface area contributed by atoms with E-state index < -0.39 is 29.6 Å². The summed E-state index contributed by atoms with van der Waals surface area (Å²) >= 11 is 0. The highest BCUT2D eigenvalue weighted by Gasteiger charge is 2.33. The molecule has 2 N–H and O–H groups in total. The summed E-state index contributed by atoms with van der Waals surface area (Å²) in [6, 6.07) is 6.87. The average molecular weight is 388 g/mol. The Labute approximate surface area is 147 Å². The highest BCUT2D eigenvalue weighted by molar-refractivity contribution is 5.92. The molecular weight excluding hydrogens is 378 g/mol. The molecule has 0 fully saturated rings. The van der Waals surface area contributed by atoms with Crippen LogP contribution in [0.4, 0.5) is 26.3 Å². The summed E-state index contributed by atoms with van der Waals surface area (Å²) in [5.74, 6) is -0.763. The molecule has 3 rings (SSSR count). The van der Waals surface area contributed by atoms with Gasteiger partial charge < -0.3 is 10.3 Å². The van der Waals surface area contributed by atoms with Crippen LogP contribution in [0.1, 0.15) is 27.4 Å². The van der Waals surface area contributed by atoms with Crippen LogP contribution in [0.15, 0.2) is 36.4 Å². The predicted molar refractivity (Wildman–Crippen MR) is 81.5 cm³/mol. The number of hydrogen-bond donors (Lipinski definition) is 2. The zero-order valence-electron chi connectivity index (χ0n) is 13.2. The summed E-state index contributed by atoms with van der Waals surface area (Å²) < 4.78 is 75.3. The second-order valence-electron chi connectivity index (χ2n) is 5.59. The molecule has 0 aliphatic rings. The van der Waals surface area contributed by atoms with Crippen LogP contribution >= 0.6 is 0 Å². The number of aromatic nitrogens is 3. The van der Waals surface area contributed by atoms with Crippen LogP contribution in [0, 0.1) is 0 Å². The van der Waals surface area contributed by atoms with Gasteiger partial charge in [0.05, 0.1) is 0 Å². The van der Waals surface area contributed by atoms with Crippen LogP contribution < -0.4 is 5.32 Å². The summed E-state index contributed by atoms with van der Waals surface area (Å²) in [6.07, 6.45) is -9.17. The molecule has 0 saturated carbocycles. The number of hydrogen-bond acceptors (Lipinski definition) is 3. The van der Waals surface area contributed by atoms with Crippen molar-refractivity contribution in [3.63, 3.8) is 0 Å². The molecule has 2 heterocycles. The second kappa shape index (κ2) is 6.56. The monoisotopic (exact) mass is 388 g/mol. The molecule has 0 radical (unpaired) electrons. The fourth-order valence-corrected chi connectivity index (χ4v) is 2.32. The molecule has 0 saturated heterocycles. The van der Waals surface area contributed by atoms with E-state index in [0.717, 1.165) is 12.1 Å². The number of benzene rings is 1. The lowest BCUT2D eigenvalue weighted by Crippen LogP contribution is -2.24. The molecule has 5 nitrogen and oxygen atoms in total. The van der Waals surface area contributed by atoms with Gasteiger partial charge in [0.1, 0.15) is 5.69 Å². The molecule has 0 atom stereocenters. The zero-order valence-corrected chi connectivity index (χ0v) is 13.2. The summed E-state index contributed by atoms with van der Waals surface area (Å²) in [5, 5.41) is 8.90. The molecule has 0 aliphatic heterocycles. The van der Waals surface area contributed by atoms with Crippen LogP contribution in [0.25, 0.3) is 10.9 Å². The Kier molecular flexibility index (Phi) is 4.54. The van der Waals surface area contributed by atoms with Gasteiger partial charge in [-0.3, -0.25) is 4.79 Å². The van der Waals surface area contributed by atoms with Crippen LogP contribution in [-0.2, 0) is 18.9 Å². The van der Waals surface area contributed by atoms with Gasteiger partial charge in [0, 0.05) is 17.4 Å². The number of aromatic amines is 1. The Morgan fingerprint density at radius 1 is 0.963 bits per heavy atom. The third-order valence-electron chi connectivity index (χ3n) is 3.63. The molecule has 0 spiro atoms. The van der Waals surface area contributed by atoms with Crippen molar-refractivity contribution >= 4 is 16.8 Å². The van der Waals surface area contributed by atoms with Gasteiger partial charge in [0.2, 0.25) is 0 Å². The van der Waals surface area contributed by atoms with Gasteiger partial charge in [-0.2, -0.15) is 26.3 Å². The molecule has 142 valence electrons. The molecule has 2 aromatic heterocycles. The number of carbonyl (C=O) groups excluding carboxylic acids is 1. The number of carbonyl (C=O) groups is 1. The van der Waals surface area contributed by atoms with Crippen LogP contribution in [0.3, 0.4) is 0 Å². The van der Waals surface area contributed by atoms with Crippen LogP contribution in [0.5, 0.6) is 0 Å². The largest absolute Gasteiger partial charge is 0.435 e. The van der Waals surface area contributed by atoms with Gasteiger partial charge in [-0.25, -0.2) is 0 Å². The summed E-state index contributed by atoms with van der Waals surface area (Å²) in [4.78, 5) is 14.2. The van der Waals surface area contributed by atoms with Gasteiger partial charge in [0.15, 0.2) is 11.4 Å². The fourth-order valence-electron chi connectivity index (χ4n) is 2.32. The number of alkyl halides is 6. The smallest absolute Gasteiger partial charge is 0.351 e. The van der Waals surface area contributed by atoms with E-state index in [1.165, 1.54) is 18.2 Å². The molecule has 1 aromatic carbocycles. The molecule has 0 aliphatic carbocycles. The Bertz CT molecular complexity index is 975. The molecule has 27 heavy (non-hydrogen) atoms. The topological polar surface area (TPSA) is 70.7 Å². The van der Waals surface area contributed by atoms with Crippen molar-refractivity contribution in [1.82, 2.24) is 20.5 Å². The highest BCUT2D eigenvalue weighted by Crippen LogP contribution is 2.31. The number of H-pyrrole nitrogens is 1. The summed E-state index contributed by atoms with van der Waals surface area (Å²) in [6.45, 7) is -0.0516. The number of rotatable bonds is 3. The minimum absolute atomic E-state index is 0.0516. The number of fused-ring (bicyclic) bond motifs is 1. The van der Waals surface area contributed by atoms with Crippen LogP contribution in [0.2, 0.25) is 0 Å². The summed E-state index contributed by atoms with van der Waals surface area (Å²) in [7, 11) is 0. The first-order valence-electron chi connectivity index (χ1n) is 7.42. The lowest BCUT2D eigenvalue weighted by Gasteiger charge is -2.07. The maximum absolute atomic E-state index is 12.7. The number of halogens is 6. The van der Waals surface area contributed by atoms with Crippen molar-refractivity contribution in [1.29, 1.82) is 0 Å². The van der Waals surface area contributed by atoms with Crippen molar-refractivity contribution in [3.8, 4) is 0 Å². The quantitative estimate of drug-likeness (QED) is 0.668. The van der Waals surface area contributed by atoms with E-state index in [9.17, 15) is 31.1 Å². The normalized spacial score (nSPS) is 12.4. The van der Waals surface area contributed by atoms with Gasteiger partial charge in [0.25, 0.3) is 5.91 Å². The SMILES string of the molecule is O=C(NCc1ccc2[nH]c(C(F)(F)F)cc2c1)c1ccc(C(F)(F)F)nn1. The minimum Gasteiger partial charge on any atom is -0.351 e. The van der Waals surface area contributed by atoms with Crippen molar-refractivity contribution < 1.29 is 31.1 Å². The number of nitrogens with zero attached hydrogens (tertiary/aromatic N) is 2.